The zero-order valence-corrected chi connectivity index (χ0v) is 12.4. The molecular weight excluding hydrogens is 230 g/mol. The summed E-state index contributed by atoms with van der Waals surface area (Å²) in [5.74, 6) is 0. The van der Waals surface area contributed by atoms with Gasteiger partial charge in [-0.05, 0) is 50.0 Å². The molecule has 0 spiro atoms. The largest absolute Gasteiger partial charge is 0.340 e. The maximum atomic E-state index is 2.43. The van der Waals surface area contributed by atoms with E-state index in [9.17, 15) is 0 Å². The topological polar surface area (TPSA) is 4.93 Å². The van der Waals surface area contributed by atoms with Crippen molar-refractivity contribution in [1.29, 1.82) is 0 Å². The molecule has 0 saturated carbocycles. The van der Waals surface area contributed by atoms with Crippen molar-refractivity contribution in [2.24, 2.45) is 0 Å². The smallest absolute Gasteiger partial charge is 0.0478 e. The molecule has 0 amide bonds. The van der Waals surface area contributed by atoms with Gasteiger partial charge in [0.05, 0.1) is 0 Å². The van der Waals surface area contributed by atoms with E-state index in [0.29, 0.717) is 0 Å². The zero-order valence-electron chi connectivity index (χ0n) is 12.4. The summed E-state index contributed by atoms with van der Waals surface area (Å²) >= 11 is 0. The first-order chi connectivity index (χ1) is 9.17. The lowest BCUT2D eigenvalue weighted by molar-refractivity contribution is 0.759. The van der Waals surface area contributed by atoms with E-state index in [-0.39, 0.29) is 0 Å². The Bertz CT molecular complexity index is 573. The van der Waals surface area contributed by atoms with Crippen molar-refractivity contribution in [1.82, 2.24) is 4.57 Å². The van der Waals surface area contributed by atoms with E-state index in [1.165, 1.54) is 28.1 Å². The second-order valence-electron chi connectivity index (χ2n) is 5.04. The molecule has 1 aromatic carbocycles. The van der Waals surface area contributed by atoms with E-state index >= 15 is 0 Å². The van der Waals surface area contributed by atoms with Gasteiger partial charge in [-0.25, -0.2) is 0 Å². The van der Waals surface area contributed by atoms with Gasteiger partial charge in [0.2, 0.25) is 0 Å². The Morgan fingerprint density at radius 2 is 1.84 bits per heavy atom. The lowest BCUT2D eigenvalue weighted by atomic mass is 10.1. The van der Waals surface area contributed by atoms with E-state index in [1.807, 2.05) is 0 Å². The van der Waals surface area contributed by atoms with Crippen LogP contribution in [0.15, 0.2) is 42.5 Å². The van der Waals surface area contributed by atoms with Gasteiger partial charge in [0.1, 0.15) is 0 Å². The SMILES string of the molecule is CC=C(CC)c1cc(C)c(C)n1Cc1ccccc1. The van der Waals surface area contributed by atoms with Crippen LogP contribution in [0.4, 0.5) is 0 Å². The van der Waals surface area contributed by atoms with Gasteiger partial charge >= 0.3 is 0 Å². The number of hydrogen-bond donors (Lipinski definition) is 0. The lowest BCUT2D eigenvalue weighted by Gasteiger charge is -2.13. The third-order valence-electron chi connectivity index (χ3n) is 3.86. The van der Waals surface area contributed by atoms with Crippen molar-refractivity contribution < 1.29 is 0 Å². The number of nitrogens with zero attached hydrogens (tertiary/aromatic N) is 1. The minimum absolute atomic E-state index is 0.952. The van der Waals surface area contributed by atoms with Crippen molar-refractivity contribution in [3.8, 4) is 0 Å². The van der Waals surface area contributed by atoms with Gasteiger partial charge in [-0.2, -0.15) is 0 Å². The Kier molecular flexibility index (Phi) is 4.26. The normalized spacial score (nSPS) is 11.9. The number of aryl methyl sites for hydroxylation is 1. The van der Waals surface area contributed by atoms with Gasteiger partial charge in [-0.1, -0.05) is 43.3 Å². The average molecular weight is 253 g/mol. The van der Waals surface area contributed by atoms with Crippen LogP contribution in [0.25, 0.3) is 5.57 Å². The monoisotopic (exact) mass is 253 g/mol. The number of aromatic nitrogens is 1. The highest BCUT2D eigenvalue weighted by atomic mass is 15.0. The Labute approximate surface area is 116 Å². The summed E-state index contributed by atoms with van der Waals surface area (Å²) in [6.07, 6.45) is 3.31. The van der Waals surface area contributed by atoms with E-state index in [0.717, 1.165) is 13.0 Å². The fraction of sp³-hybridized carbons (Fsp3) is 0.333. The van der Waals surface area contributed by atoms with Crippen LogP contribution >= 0.6 is 0 Å². The highest BCUT2D eigenvalue weighted by molar-refractivity contribution is 5.64. The summed E-state index contributed by atoms with van der Waals surface area (Å²) < 4.78 is 2.43. The Morgan fingerprint density at radius 3 is 2.42 bits per heavy atom. The highest BCUT2D eigenvalue weighted by Gasteiger charge is 2.11. The molecule has 1 aromatic heterocycles. The first-order valence-electron chi connectivity index (χ1n) is 7.03. The summed E-state index contributed by atoms with van der Waals surface area (Å²) in [7, 11) is 0. The van der Waals surface area contributed by atoms with Crippen LogP contribution in [0.5, 0.6) is 0 Å². The summed E-state index contributed by atoms with van der Waals surface area (Å²) in [5, 5.41) is 0. The molecule has 0 radical (unpaired) electrons. The first-order valence-corrected chi connectivity index (χ1v) is 7.03. The molecule has 0 aliphatic rings. The number of benzene rings is 1. The Morgan fingerprint density at radius 1 is 1.16 bits per heavy atom. The van der Waals surface area contributed by atoms with Gasteiger partial charge < -0.3 is 4.57 Å². The molecule has 0 N–H and O–H groups in total. The average Bonchev–Trinajstić information content (AvgIpc) is 2.70. The molecule has 0 fully saturated rings. The summed E-state index contributed by atoms with van der Waals surface area (Å²) in [6, 6.07) is 13.0. The van der Waals surface area contributed by atoms with Crippen LogP contribution in [-0.2, 0) is 6.54 Å². The van der Waals surface area contributed by atoms with Crippen molar-refractivity contribution in [2.45, 2.75) is 40.7 Å². The fourth-order valence-electron chi connectivity index (χ4n) is 2.55. The quantitative estimate of drug-likeness (QED) is 0.725. The van der Waals surface area contributed by atoms with Gasteiger partial charge in [0, 0.05) is 17.9 Å². The van der Waals surface area contributed by atoms with Crippen LogP contribution in [0.3, 0.4) is 0 Å². The molecule has 0 unspecified atom stereocenters. The van der Waals surface area contributed by atoms with Crippen LogP contribution in [-0.4, -0.2) is 4.57 Å². The van der Waals surface area contributed by atoms with Crippen molar-refractivity contribution in [2.75, 3.05) is 0 Å². The second-order valence-corrected chi connectivity index (χ2v) is 5.04. The van der Waals surface area contributed by atoms with Crippen molar-refractivity contribution in [3.63, 3.8) is 0 Å². The molecular formula is C18H23N. The maximum absolute atomic E-state index is 2.43. The standard InChI is InChI=1S/C18H23N/c1-5-17(6-2)18-12-14(3)15(4)19(18)13-16-10-8-7-9-11-16/h5,7-12H,6,13H2,1-4H3. The summed E-state index contributed by atoms with van der Waals surface area (Å²) in [5.41, 5.74) is 6.88. The van der Waals surface area contributed by atoms with E-state index in [1.54, 1.807) is 0 Å². The molecule has 2 rings (SSSR count). The molecule has 100 valence electrons. The zero-order chi connectivity index (χ0) is 13.8. The highest BCUT2D eigenvalue weighted by Crippen LogP contribution is 2.25. The van der Waals surface area contributed by atoms with Crippen LogP contribution in [0, 0.1) is 13.8 Å². The molecule has 0 aliphatic heterocycles. The van der Waals surface area contributed by atoms with Crippen LogP contribution < -0.4 is 0 Å². The van der Waals surface area contributed by atoms with Crippen molar-refractivity contribution in [3.05, 3.63) is 65.0 Å². The van der Waals surface area contributed by atoms with E-state index in [2.05, 4.69) is 74.7 Å². The third kappa shape index (κ3) is 2.81. The maximum Gasteiger partial charge on any atom is 0.0478 e. The molecule has 1 heterocycles. The van der Waals surface area contributed by atoms with Crippen LogP contribution in [0.2, 0.25) is 0 Å². The molecule has 0 aliphatic carbocycles. The van der Waals surface area contributed by atoms with Gasteiger partial charge in [0.25, 0.3) is 0 Å². The molecule has 0 saturated heterocycles. The molecule has 19 heavy (non-hydrogen) atoms. The van der Waals surface area contributed by atoms with Crippen molar-refractivity contribution >= 4 is 5.57 Å². The summed E-state index contributed by atoms with van der Waals surface area (Å²) in [6.45, 7) is 9.71. The summed E-state index contributed by atoms with van der Waals surface area (Å²) in [4.78, 5) is 0. The lowest BCUT2D eigenvalue weighted by Crippen LogP contribution is -2.06. The molecule has 1 nitrogen and oxygen atoms in total. The molecule has 0 atom stereocenters. The minimum Gasteiger partial charge on any atom is -0.340 e. The van der Waals surface area contributed by atoms with Gasteiger partial charge in [-0.15, -0.1) is 0 Å². The second kappa shape index (κ2) is 5.92. The van der Waals surface area contributed by atoms with Gasteiger partial charge in [0.15, 0.2) is 0 Å². The Balaban J connectivity index is 2.44. The fourth-order valence-corrected chi connectivity index (χ4v) is 2.55. The minimum atomic E-state index is 0.952. The van der Waals surface area contributed by atoms with Gasteiger partial charge in [-0.3, -0.25) is 0 Å². The number of hydrogen-bond acceptors (Lipinski definition) is 0. The van der Waals surface area contributed by atoms with E-state index in [4.69, 9.17) is 0 Å². The predicted octanol–water partition coefficient (Wildman–Crippen LogP) is 4.97. The molecule has 2 aromatic rings. The molecule has 0 bridgehead atoms. The third-order valence-corrected chi connectivity index (χ3v) is 3.86. The first kappa shape index (κ1) is 13.7. The van der Waals surface area contributed by atoms with Crippen LogP contribution in [0.1, 0.15) is 42.8 Å². The Hall–Kier alpha value is -1.76. The number of rotatable bonds is 4. The molecule has 1 heteroatoms. The predicted molar refractivity (Wildman–Crippen MR) is 83.4 cm³/mol. The van der Waals surface area contributed by atoms with E-state index < -0.39 is 0 Å². The number of allylic oxidation sites excluding steroid dienone is 2.